The van der Waals surface area contributed by atoms with Crippen molar-refractivity contribution in [2.45, 2.75) is 45.3 Å². The van der Waals surface area contributed by atoms with Gasteiger partial charge in [0.25, 0.3) is 0 Å². The second-order valence-electron chi connectivity index (χ2n) is 6.26. The van der Waals surface area contributed by atoms with E-state index in [1.807, 2.05) is 13.8 Å². The summed E-state index contributed by atoms with van der Waals surface area (Å²) < 4.78 is 39.6. The molecule has 0 bridgehead atoms. The number of hydrogen-bond donors (Lipinski definition) is 0. The molecule has 2 nitrogen and oxygen atoms in total. The van der Waals surface area contributed by atoms with E-state index in [-0.39, 0.29) is 30.6 Å². The van der Waals surface area contributed by atoms with Crippen molar-refractivity contribution in [3.8, 4) is 11.8 Å². The summed E-state index contributed by atoms with van der Waals surface area (Å²) in [6.07, 6.45) is -0.729. The molecule has 0 aromatic carbocycles. The van der Waals surface area contributed by atoms with Crippen molar-refractivity contribution in [2.75, 3.05) is 13.2 Å². The predicted molar refractivity (Wildman–Crippen MR) is 78.0 cm³/mol. The molecule has 0 aromatic heterocycles. The van der Waals surface area contributed by atoms with Crippen LogP contribution in [0.1, 0.15) is 26.7 Å². The van der Waals surface area contributed by atoms with Crippen LogP contribution in [0.4, 0.5) is 8.78 Å². The molecule has 2 unspecified atom stereocenters. The van der Waals surface area contributed by atoms with Gasteiger partial charge in [0.1, 0.15) is 12.3 Å². The van der Waals surface area contributed by atoms with Crippen LogP contribution in [-0.4, -0.2) is 31.8 Å². The maximum absolute atomic E-state index is 14.2. The monoisotopic (exact) mass is 298 g/mol. The maximum atomic E-state index is 14.2. The van der Waals surface area contributed by atoms with Crippen LogP contribution in [0.5, 0.6) is 0 Å². The molecular formula is C17H24F2O2. The third-order valence-corrected chi connectivity index (χ3v) is 4.04. The summed E-state index contributed by atoms with van der Waals surface area (Å²) in [6, 6.07) is 0. The third kappa shape index (κ3) is 4.28. The van der Waals surface area contributed by atoms with Crippen LogP contribution in [0.2, 0.25) is 0 Å². The predicted octanol–water partition coefficient (Wildman–Crippen LogP) is 3.52. The summed E-state index contributed by atoms with van der Waals surface area (Å²) in [7, 11) is 0. The van der Waals surface area contributed by atoms with E-state index < -0.39 is 24.6 Å². The van der Waals surface area contributed by atoms with Gasteiger partial charge in [-0.05, 0) is 12.8 Å². The summed E-state index contributed by atoms with van der Waals surface area (Å²) in [6.45, 7) is 8.54. The Hall–Kier alpha value is -0.920. The van der Waals surface area contributed by atoms with Gasteiger partial charge in [-0.2, -0.15) is 0 Å². The van der Waals surface area contributed by atoms with E-state index in [0.29, 0.717) is 13.2 Å². The Balaban J connectivity index is 1.93. The quantitative estimate of drug-likeness (QED) is 0.573. The average molecular weight is 298 g/mol. The second kappa shape index (κ2) is 7.38. The van der Waals surface area contributed by atoms with Crippen LogP contribution in [0.25, 0.3) is 0 Å². The van der Waals surface area contributed by atoms with Crippen LogP contribution >= 0.6 is 0 Å². The average Bonchev–Trinajstić information content (AvgIpc) is 2.46. The number of alkyl halides is 2. The number of hydrogen-bond acceptors (Lipinski definition) is 2. The lowest BCUT2D eigenvalue weighted by Crippen LogP contribution is -2.44. The molecule has 0 N–H and O–H groups in total. The normalized spacial score (nSPS) is 40.4. The van der Waals surface area contributed by atoms with E-state index in [4.69, 9.17) is 9.47 Å². The molecule has 4 heteroatoms. The van der Waals surface area contributed by atoms with Crippen LogP contribution < -0.4 is 0 Å². The van der Waals surface area contributed by atoms with E-state index >= 15 is 0 Å². The fourth-order valence-corrected chi connectivity index (χ4v) is 2.80. The SMILES string of the molecule is C=CC1COC(C2CC(F)C(C#CC(C)C)C(F)C2)OC1. The van der Waals surface area contributed by atoms with Crippen molar-refractivity contribution >= 4 is 0 Å². The molecule has 1 saturated heterocycles. The zero-order chi connectivity index (χ0) is 15.4. The molecule has 0 spiro atoms. The first-order chi connectivity index (χ1) is 10.0. The molecule has 0 aromatic rings. The summed E-state index contributed by atoms with van der Waals surface area (Å²) in [5.41, 5.74) is 0. The minimum Gasteiger partial charge on any atom is -0.352 e. The molecule has 1 aliphatic carbocycles. The third-order valence-electron chi connectivity index (χ3n) is 4.04. The van der Waals surface area contributed by atoms with Gasteiger partial charge in [0.15, 0.2) is 6.29 Å². The Morgan fingerprint density at radius 3 is 2.19 bits per heavy atom. The van der Waals surface area contributed by atoms with Crippen molar-refractivity contribution in [3.05, 3.63) is 12.7 Å². The van der Waals surface area contributed by atoms with Gasteiger partial charge in [-0.15, -0.1) is 6.58 Å². The molecule has 2 aliphatic rings. The summed E-state index contributed by atoms with van der Waals surface area (Å²) in [5.74, 6) is 4.89. The zero-order valence-electron chi connectivity index (χ0n) is 12.7. The van der Waals surface area contributed by atoms with Crippen LogP contribution in [-0.2, 0) is 9.47 Å². The highest BCUT2D eigenvalue weighted by Crippen LogP contribution is 2.37. The van der Waals surface area contributed by atoms with E-state index in [2.05, 4.69) is 18.4 Å². The second-order valence-corrected chi connectivity index (χ2v) is 6.26. The lowest BCUT2D eigenvalue weighted by atomic mass is 9.79. The van der Waals surface area contributed by atoms with Gasteiger partial charge in [0.05, 0.1) is 19.1 Å². The fourth-order valence-electron chi connectivity index (χ4n) is 2.80. The Labute approximate surface area is 125 Å². The summed E-state index contributed by atoms with van der Waals surface area (Å²) in [5, 5.41) is 0. The highest BCUT2D eigenvalue weighted by molar-refractivity contribution is 5.11. The van der Waals surface area contributed by atoms with Gasteiger partial charge < -0.3 is 9.47 Å². The summed E-state index contributed by atoms with van der Waals surface area (Å²) >= 11 is 0. The highest BCUT2D eigenvalue weighted by atomic mass is 19.1. The van der Waals surface area contributed by atoms with Crippen LogP contribution in [0, 0.1) is 35.5 Å². The van der Waals surface area contributed by atoms with Crippen molar-refractivity contribution < 1.29 is 18.3 Å². The van der Waals surface area contributed by atoms with E-state index in [0.717, 1.165) is 0 Å². The van der Waals surface area contributed by atoms with E-state index in [1.54, 1.807) is 6.08 Å². The molecule has 2 fully saturated rings. The Morgan fingerprint density at radius 1 is 1.14 bits per heavy atom. The molecule has 0 radical (unpaired) electrons. The topological polar surface area (TPSA) is 18.5 Å². The highest BCUT2D eigenvalue weighted by Gasteiger charge is 2.42. The molecule has 2 atom stereocenters. The van der Waals surface area contributed by atoms with Gasteiger partial charge in [-0.1, -0.05) is 31.8 Å². The molecule has 0 amide bonds. The van der Waals surface area contributed by atoms with Crippen molar-refractivity contribution in [1.29, 1.82) is 0 Å². The molecule has 2 rings (SSSR count). The van der Waals surface area contributed by atoms with Gasteiger partial charge in [0.2, 0.25) is 0 Å². The van der Waals surface area contributed by atoms with E-state index in [9.17, 15) is 8.78 Å². The van der Waals surface area contributed by atoms with Gasteiger partial charge in [0, 0.05) is 17.8 Å². The first-order valence-corrected chi connectivity index (χ1v) is 7.66. The number of ether oxygens (including phenoxy) is 2. The molecular weight excluding hydrogens is 274 g/mol. The first kappa shape index (κ1) is 16.5. The minimum absolute atomic E-state index is 0.128. The molecule has 1 heterocycles. The standard InChI is InChI=1S/C17H24F2O2/c1-4-12-9-20-17(21-10-12)13-7-15(18)14(16(19)8-13)6-5-11(2)3/h4,11-17H,1,7-10H2,2-3H3. The van der Waals surface area contributed by atoms with Crippen molar-refractivity contribution in [3.63, 3.8) is 0 Å². The number of rotatable bonds is 2. The Morgan fingerprint density at radius 2 is 1.71 bits per heavy atom. The van der Waals surface area contributed by atoms with Crippen LogP contribution in [0.15, 0.2) is 12.7 Å². The zero-order valence-corrected chi connectivity index (χ0v) is 12.7. The Kier molecular flexibility index (Phi) is 5.78. The maximum Gasteiger partial charge on any atom is 0.160 e. The molecule has 1 aliphatic heterocycles. The number of halogens is 2. The van der Waals surface area contributed by atoms with Crippen molar-refractivity contribution in [1.82, 2.24) is 0 Å². The first-order valence-electron chi connectivity index (χ1n) is 7.66. The molecule has 21 heavy (non-hydrogen) atoms. The molecule has 118 valence electrons. The van der Waals surface area contributed by atoms with Crippen molar-refractivity contribution in [2.24, 2.45) is 23.7 Å². The lowest BCUT2D eigenvalue weighted by molar-refractivity contribution is -0.228. The minimum atomic E-state index is -1.26. The van der Waals surface area contributed by atoms with E-state index in [1.165, 1.54) is 0 Å². The Bertz CT molecular complexity index is 393. The lowest BCUT2D eigenvalue weighted by Gasteiger charge is -2.38. The van der Waals surface area contributed by atoms with Gasteiger partial charge in [-0.3, -0.25) is 0 Å². The van der Waals surface area contributed by atoms with Crippen LogP contribution in [0.3, 0.4) is 0 Å². The molecule has 1 saturated carbocycles. The summed E-state index contributed by atoms with van der Waals surface area (Å²) in [4.78, 5) is 0. The largest absolute Gasteiger partial charge is 0.352 e. The smallest absolute Gasteiger partial charge is 0.160 e. The van der Waals surface area contributed by atoms with Gasteiger partial charge in [-0.25, -0.2) is 8.78 Å². The fraction of sp³-hybridized carbons (Fsp3) is 0.765. The van der Waals surface area contributed by atoms with Gasteiger partial charge >= 0.3 is 0 Å².